The molecule has 0 bridgehead atoms. The van der Waals surface area contributed by atoms with Gasteiger partial charge < -0.3 is 14.5 Å². The second kappa shape index (κ2) is 5.68. The first-order valence-corrected chi connectivity index (χ1v) is 6.14. The molecule has 5 nitrogen and oxygen atoms in total. The second-order valence-electron chi connectivity index (χ2n) is 3.34. The van der Waals surface area contributed by atoms with Crippen molar-refractivity contribution in [1.82, 2.24) is 4.98 Å². The van der Waals surface area contributed by atoms with Gasteiger partial charge in [-0.25, -0.2) is 4.98 Å². The van der Waals surface area contributed by atoms with Gasteiger partial charge in [-0.05, 0) is 47.1 Å². The molecule has 0 aliphatic carbocycles. The summed E-state index contributed by atoms with van der Waals surface area (Å²) in [6, 6.07) is 6.70. The highest BCUT2D eigenvalue weighted by molar-refractivity contribution is 9.10. The fourth-order valence-corrected chi connectivity index (χ4v) is 1.67. The summed E-state index contributed by atoms with van der Waals surface area (Å²) in [6.07, 6.45) is 1.58. The number of rotatable bonds is 4. The lowest BCUT2D eigenvalue weighted by Gasteiger charge is -2.08. The monoisotopic (exact) mass is 310 g/mol. The number of hydrogen-bond acceptors (Lipinski definition) is 4. The largest absolute Gasteiger partial charge is 0.490 e. The summed E-state index contributed by atoms with van der Waals surface area (Å²) in [5, 5.41) is 2.64. The molecule has 18 heavy (non-hydrogen) atoms. The first kappa shape index (κ1) is 12.6. The number of nitrogens with one attached hydrogen (secondary N) is 1. The molecule has 1 amide bonds. The number of anilines is 1. The number of carbonyl (C=O) groups excluding carboxylic acids is 1. The van der Waals surface area contributed by atoms with E-state index in [4.69, 9.17) is 9.15 Å². The highest BCUT2D eigenvalue weighted by atomic mass is 79.9. The standard InChI is InChI=1S/C12H11BrN2O3/c1-2-17-8-4-3-7-14-11(8)15-12(16)9-5-6-10(13)18-9/h3-7H,2H2,1H3,(H,14,15,16). The molecule has 94 valence electrons. The van der Waals surface area contributed by atoms with Crippen LogP contribution in [0, 0.1) is 0 Å². The maximum atomic E-state index is 11.9. The molecule has 0 atom stereocenters. The molecular formula is C12H11BrN2O3. The minimum atomic E-state index is -0.375. The Bertz CT molecular complexity index is 554. The minimum absolute atomic E-state index is 0.204. The average molecular weight is 311 g/mol. The van der Waals surface area contributed by atoms with Crippen molar-refractivity contribution < 1.29 is 13.9 Å². The molecule has 0 unspecified atom stereocenters. The van der Waals surface area contributed by atoms with E-state index in [1.165, 1.54) is 0 Å². The van der Waals surface area contributed by atoms with Crippen LogP contribution in [-0.4, -0.2) is 17.5 Å². The normalized spacial score (nSPS) is 10.1. The predicted octanol–water partition coefficient (Wildman–Crippen LogP) is 3.09. The quantitative estimate of drug-likeness (QED) is 0.942. The molecule has 0 saturated carbocycles. The maximum absolute atomic E-state index is 11.9. The van der Waals surface area contributed by atoms with E-state index >= 15 is 0 Å². The Kier molecular flexibility index (Phi) is 3.99. The van der Waals surface area contributed by atoms with E-state index < -0.39 is 0 Å². The highest BCUT2D eigenvalue weighted by Crippen LogP contribution is 2.22. The number of amides is 1. The highest BCUT2D eigenvalue weighted by Gasteiger charge is 2.13. The lowest BCUT2D eigenvalue weighted by Crippen LogP contribution is -2.13. The van der Waals surface area contributed by atoms with Gasteiger partial charge in [0.1, 0.15) is 0 Å². The molecule has 1 N–H and O–H groups in total. The number of halogens is 1. The van der Waals surface area contributed by atoms with Gasteiger partial charge in [-0.2, -0.15) is 0 Å². The first-order chi connectivity index (χ1) is 8.70. The molecule has 2 aromatic heterocycles. The zero-order chi connectivity index (χ0) is 13.0. The van der Waals surface area contributed by atoms with Crippen LogP contribution in [0.4, 0.5) is 5.82 Å². The molecule has 0 spiro atoms. The number of aromatic nitrogens is 1. The third kappa shape index (κ3) is 2.89. The Hall–Kier alpha value is -1.82. The number of furan rings is 1. The van der Waals surface area contributed by atoms with E-state index in [2.05, 4.69) is 26.2 Å². The molecule has 0 radical (unpaired) electrons. The maximum Gasteiger partial charge on any atom is 0.292 e. The Balaban J connectivity index is 2.16. The van der Waals surface area contributed by atoms with Crippen LogP contribution in [0.2, 0.25) is 0 Å². The minimum Gasteiger partial charge on any atom is -0.490 e. The van der Waals surface area contributed by atoms with Crippen molar-refractivity contribution in [2.45, 2.75) is 6.92 Å². The molecule has 0 aromatic carbocycles. The van der Waals surface area contributed by atoms with Crippen LogP contribution in [0.3, 0.4) is 0 Å². The third-order valence-corrected chi connectivity index (χ3v) is 2.53. The first-order valence-electron chi connectivity index (χ1n) is 5.35. The van der Waals surface area contributed by atoms with Crippen molar-refractivity contribution in [2.75, 3.05) is 11.9 Å². The lowest BCUT2D eigenvalue weighted by atomic mass is 10.4. The second-order valence-corrected chi connectivity index (χ2v) is 4.12. The number of carbonyl (C=O) groups is 1. The van der Waals surface area contributed by atoms with Gasteiger partial charge in [-0.1, -0.05) is 0 Å². The van der Waals surface area contributed by atoms with Crippen molar-refractivity contribution >= 4 is 27.7 Å². The number of hydrogen-bond donors (Lipinski definition) is 1. The molecule has 0 saturated heterocycles. The van der Waals surface area contributed by atoms with Gasteiger partial charge in [0, 0.05) is 6.20 Å². The molecule has 0 fully saturated rings. The topological polar surface area (TPSA) is 64.4 Å². The Morgan fingerprint density at radius 2 is 2.33 bits per heavy atom. The van der Waals surface area contributed by atoms with E-state index in [0.29, 0.717) is 22.8 Å². The van der Waals surface area contributed by atoms with Crippen LogP contribution in [0.15, 0.2) is 39.5 Å². The van der Waals surface area contributed by atoms with E-state index in [1.807, 2.05) is 6.92 Å². The van der Waals surface area contributed by atoms with Gasteiger partial charge in [0.25, 0.3) is 5.91 Å². The number of nitrogens with zero attached hydrogens (tertiary/aromatic N) is 1. The number of pyridine rings is 1. The van der Waals surface area contributed by atoms with Gasteiger partial charge in [0.05, 0.1) is 6.61 Å². The molecule has 6 heteroatoms. The SMILES string of the molecule is CCOc1cccnc1NC(=O)c1ccc(Br)o1. The third-order valence-electron chi connectivity index (χ3n) is 2.10. The fraction of sp³-hybridized carbons (Fsp3) is 0.167. The summed E-state index contributed by atoms with van der Waals surface area (Å²) >= 11 is 3.14. The van der Waals surface area contributed by atoms with Crippen LogP contribution >= 0.6 is 15.9 Å². The summed E-state index contributed by atoms with van der Waals surface area (Å²) in [6.45, 7) is 2.36. The van der Waals surface area contributed by atoms with Crippen molar-refractivity contribution in [3.63, 3.8) is 0 Å². The van der Waals surface area contributed by atoms with Crippen molar-refractivity contribution in [2.24, 2.45) is 0 Å². The van der Waals surface area contributed by atoms with Crippen molar-refractivity contribution in [1.29, 1.82) is 0 Å². The zero-order valence-electron chi connectivity index (χ0n) is 9.64. The van der Waals surface area contributed by atoms with E-state index in [-0.39, 0.29) is 11.7 Å². The van der Waals surface area contributed by atoms with Crippen LogP contribution < -0.4 is 10.1 Å². The van der Waals surface area contributed by atoms with E-state index in [9.17, 15) is 4.79 Å². The van der Waals surface area contributed by atoms with Crippen LogP contribution in [0.1, 0.15) is 17.5 Å². The molecule has 2 aromatic rings. The Morgan fingerprint density at radius 3 is 3.00 bits per heavy atom. The van der Waals surface area contributed by atoms with E-state index in [0.717, 1.165) is 0 Å². The Labute approximate surface area is 112 Å². The summed E-state index contributed by atoms with van der Waals surface area (Å²) in [7, 11) is 0. The van der Waals surface area contributed by atoms with Gasteiger partial charge in [0.15, 0.2) is 22.0 Å². The van der Waals surface area contributed by atoms with Crippen LogP contribution in [-0.2, 0) is 0 Å². The van der Waals surface area contributed by atoms with Gasteiger partial charge in [-0.3, -0.25) is 4.79 Å². The summed E-state index contributed by atoms with van der Waals surface area (Å²) < 4.78 is 11.0. The van der Waals surface area contributed by atoms with Crippen molar-refractivity contribution in [3.8, 4) is 5.75 Å². The van der Waals surface area contributed by atoms with Crippen LogP contribution in [0.25, 0.3) is 0 Å². The Morgan fingerprint density at radius 1 is 1.50 bits per heavy atom. The molecular weight excluding hydrogens is 300 g/mol. The molecule has 2 rings (SSSR count). The smallest absolute Gasteiger partial charge is 0.292 e. The van der Waals surface area contributed by atoms with E-state index in [1.54, 1.807) is 30.5 Å². The summed E-state index contributed by atoms with van der Waals surface area (Å²) in [5.41, 5.74) is 0. The molecule has 0 aliphatic heterocycles. The zero-order valence-corrected chi connectivity index (χ0v) is 11.2. The average Bonchev–Trinajstić information content (AvgIpc) is 2.79. The van der Waals surface area contributed by atoms with Gasteiger partial charge in [0.2, 0.25) is 0 Å². The molecule has 0 aliphatic rings. The van der Waals surface area contributed by atoms with Crippen molar-refractivity contribution in [3.05, 3.63) is 40.9 Å². The van der Waals surface area contributed by atoms with Gasteiger partial charge >= 0.3 is 0 Å². The summed E-state index contributed by atoms with van der Waals surface area (Å²) in [4.78, 5) is 15.9. The van der Waals surface area contributed by atoms with Gasteiger partial charge in [-0.15, -0.1) is 0 Å². The van der Waals surface area contributed by atoms with Crippen LogP contribution in [0.5, 0.6) is 5.75 Å². The fourth-order valence-electron chi connectivity index (χ4n) is 1.36. The molecule has 2 heterocycles. The number of ether oxygens (including phenoxy) is 1. The summed E-state index contributed by atoms with van der Waals surface area (Å²) in [5.74, 6) is 0.728. The lowest BCUT2D eigenvalue weighted by molar-refractivity contribution is 0.0994. The predicted molar refractivity (Wildman–Crippen MR) is 69.8 cm³/mol.